The van der Waals surface area contributed by atoms with Crippen LogP contribution in [0, 0.1) is 10.1 Å². The first-order valence-electron chi connectivity index (χ1n) is 8.08. The van der Waals surface area contributed by atoms with Gasteiger partial charge in [-0.15, -0.1) is 0 Å². The lowest BCUT2D eigenvalue weighted by atomic mass is 10.0. The molecule has 8 heteroatoms. The molecule has 0 aromatic heterocycles. The van der Waals surface area contributed by atoms with E-state index in [4.69, 9.17) is 0 Å². The van der Waals surface area contributed by atoms with E-state index in [0.717, 1.165) is 12.2 Å². The average Bonchev–Trinajstić information content (AvgIpc) is 2.68. The highest BCUT2D eigenvalue weighted by Crippen LogP contribution is 2.29. The maximum atomic E-state index is 12.9. The third kappa shape index (κ3) is 3.39. The highest BCUT2D eigenvalue weighted by molar-refractivity contribution is 7.94. The number of sulfonamides is 1. The first-order valence-corrected chi connectivity index (χ1v) is 9.57. The van der Waals surface area contributed by atoms with Gasteiger partial charge in [0.2, 0.25) is 0 Å². The van der Waals surface area contributed by atoms with E-state index in [0.29, 0.717) is 12.0 Å². The number of nitrogens with one attached hydrogen (secondary N) is 1. The predicted octanol–water partition coefficient (Wildman–Crippen LogP) is 3.15. The number of nitro groups is 1. The summed E-state index contributed by atoms with van der Waals surface area (Å²) in [7, 11) is -4.51. The minimum atomic E-state index is -4.51. The summed E-state index contributed by atoms with van der Waals surface area (Å²) in [4.78, 5) is 21.0. The van der Waals surface area contributed by atoms with Gasteiger partial charge in [-0.1, -0.05) is 54.6 Å². The van der Waals surface area contributed by atoms with Crippen molar-refractivity contribution in [3.8, 4) is 0 Å². The summed E-state index contributed by atoms with van der Waals surface area (Å²) in [5, 5.41) is 11.6. The molecule has 3 rings (SSSR count). The van der Waals surface area contributed by atoms with Crippen LogP contribution in [0.4, 0.5) is 5.69 Å². The second-order valence-electron chi connectivity index (χ2n) is 5.90. The molecule has 0 radical (unpaired) electrons. The number of hydrogen-bond donors (Lipinski definition) is 1. The van der Waals surface area contributed by atoms with Crippen molar-refractivity contribution in [2.24, 2.45) is 0 Å². The van der Waals surface area contributed by atoms with Crippen LogP contribution in [0.25, 0.3) is 0 Å². The fraction of sp³-hybridized carbons (Fsp3) is 0.105. The van der Waals surface area contributed by atoms with Crippen LogP contribution < -0.4 is 4.72 Å². The first-order chi connectivity index (χ1) is 12.9. The molecule has 0 fully saturated rings. The maximum absolute atomic E-state index is 12.9. The lowest BCUT2D eigenvalue weighted by Gasteiger charge is -2.22. The average molecular weight is 384 g/mol. The van der Waals surface area contributed by atoms with Crippen LogP contribution >= 0.6 is 0 Å². The summed E-state index contributed by atoms with van der Waals surface area (Å²) >= 11 is 0. The van der Waals surface area contributed by atoms with Gasteiger partial charge in [0.25, 0.3) is 0 Å². The van der Waals surface area contributed by atoms with Crippen molar-refractivity contribution >= 4 is 21.5 Å². The van der Waals surface area contributed by atoms with Gasteiger partial charge in [0.1, 0.15) is 0 Å². The zero-order valence-electron chi connectivity index (χ0n) is 14.1. The van der Waals surface area contributed by atoms with Crippen molar-refractivity contribution in [3.63, 3.8) is 0 Å². The molecular weight excluding hydrogens is 368 g/mol. The molecular formula is C19H16N2O5S. The highest BCUT2D eigenvalue weighted by Gasteiger charge is 2.52. The molecule has 0 spiro atoms. The third-order valence-corrected chi connectivity index (χ3v) is 5.92. The number of para-hydroxylation sites is 1. The minimum absolute atomic E-state index is 0.0139. The summed E-state index contributed by atoms with van der Waals surface area (Å²) in [6, 6.07) is 14.4. The van der Waals surface area contributed by atoms with Gasteiger partial charge in [0, 0.05) is 23.3 Å². The Bertz CT molecular complexity index is 1030. The molecule has 1 aliphatic rings. The Kier molecular flexibility index (Phi) is 4.91. The van der Waals surface area contributed by atoms with Crippen LogP contribution in [0.5, 0.6) is 0 Å². The highest BCUT2D eigenvalue weighted by atomic mass is 32.2. The lowest BCUT2D eigenvalue weighted by Crippen LogP contribution is -2.46. The van der Waals surface area contributed by atoms with Gasteiger partial charge in [-0.05, 0) is 18.6 Å². The topological polar surface area (TPSA) is 106 Å². The fourth-order valence-electron chi connectivity index (χ4n) is 2.75. The number of rotatable bonds is 6. The Morgan fingerprint density at radius 3 is 2.22 bits per heavy atom. The van der Waals surface area contributed by atoms with E-state index in [1.165, 1.54) is 24.3 Å². The van der Waals surface area contributed by atoms with Crippen LogP contribution in [0.2, 0.25) is 0 Å². The second-order valence-corrected chi connectivity index (χ2v) is 7.76. The zero-order chi connectivity index (χ0) is 19.5. The van der Waals surface area contributed by atoms with Gasteiger partial charge in [-0.3, -0.25) is 19.6 Å². The largest absolute Gasteiger partial charge is 0.373 e. The molecule has 0 atom stereocenters. The molecule has 138 valence electrons. The number of allylic oxidation sites excluding steroid dienone is 2. The molecule has 1 N–H and O–H groups in total. The minimum Gasteiger partial charge on any atom is -0.289 e. The zero-order valence-corrected chi connectivity index (χ0v) is 14.9. The second kappa shape index (κ2) is 7.16. The van der Waals surface area contributed by atoms with Crippen LogP contribution in [-0.4, -0.2) is 24.0 Å². The van der Waals surface area contributed by atoms with Crippen molar-refractivity contribution in [3.05, 3.63) is 100 Å². The Balaban J connectivity index is 2.03. The van der Waals surface area contributed by atoms with Crippen LogP contribution in [0.15, 0.2) is 78.9 Å². The van der Waals surface area contributed by atoms with Crippen LogP contribution in [-0.2, 0) is 10.0 Å². The quantitative estimate of drug-likeness (QED) is 0.356. The Morgan fingerprint density at radius 1 is 1.00 bits per heavy atom. The van der Waals surface area contributed by atoms with Crippen LogP contribution in [0.1, 0.15) is 22.3 Å². The Hall–Kier alpha value is -3.26. The molecule has 0 heterocycles. The van der Waals surface area contributed by atoms with Crippen molar-refractivity contribution in [1.29, 1.82) is 0 Å². The number of carbonyl (C=O) groups excluding carboxylic acids is 1. The fourth-order valence-corrected chi connectivity index (χ4v) is 4.13. The SMILES string of the molecule is O=C(c1ccccc1)c1ccccc1NS(=O)(=O)C1([N+](=O)[O-])C=CCC=C1. The van der Waals surface area contributed by atoms with E-state index < -0.39 is 25.6 Å². The van der Waals surface area contributed by atoms with E-state index in [2.05, 4.69) is 4.72 Å². The van der Waals surface area contributed by atoms with Crippen molar-refractivity contribution in [1.82, 2.24) is 0 Å². The molecule has 2 aromatic carbocycles. The third-order valence-electron chi connectivity index (χ3n) is 4.15. The van der Waals surface area contributed by atoms with Gasteiger partial charge in [0.05, 0.1) is 10.6 Å². The lowest BCUT2D eigenvalue weighted by molar-refractivity contribution is -0.513. The van der Waals surface area contributed by atoms with Gasteiger partial charge < -0.3 is 0 Å². The first kappa shape index (κ1) is 18.5. The standard InChI is InChI=1S/C19H16N2O5S/c22-18(15-9-3-1-4-10-15)16-11-5-6-12-17(16)20-27(25,26)19(21(23)24)13-7-2-8-14-19/h1,3-14,20H,2H2. The maximum Gasteiger partial charge on any atom is 0.373 e. The monoisotopic (exact) mass is 384 g/mol. The van der Waals surface area contributed by atoms with Crippen molar-refractivity contribution in [2.75, 3.05) is 4.72 Å². The smallest absolute Gasteiger partial charge is 0.289 e. The molecule has 1 aliphatic carbocycles. The van der Waals surface area contributed by atoms with Gasteiger partial charge in [-0.2, -0.15) is 8.42 Å². The molecule has 7 nitrogen and oxygen atoms in total. The number of hydrogen-bond acceptors (Lipinski definition) is 5. The van der Waals surface area contributed by atoms with E-state index in [-0.39, 0.29) is 11.3 Å². The molecule has 0 unspecified atom stereocenters. The summed E-state index contributed by atoms with van der Waals surface area (Å²) in [6.45, 7) is 0. The summed E-state index contributed by atoms with van der Waals surface area (Å²) < 4.78 is 28.0. The number of carbonyl (C=O) groups is 1. The number of nitrogens with zero attached hydrogens (tertiary/aromatic N) is 1. The summed E-state index contributed by atoms with van der Waals surface area (Å²) in [5.74, 6) is -0.390. The van der Waals surface area contributed by atoms with E-state index >= 15 is 0 Å². The van der Waals surface area contributed by atoms with E-state index in [1.807, 2.05) is 0 Å². The van der Waals surface area contributed by atoms with Gasteiger partial charge in [0.15, 0.2) is 5.78 Å². The number of ketones is 1. The number of benzene rings is 2. The van der Waals surface area contributed by atoms with Gasteiger partial charge >= 0.3 is 14.9 Å². The van der Waals surface area contributed by atoms with E-state index in [9.17, 15) is 23.3 Å². The molecule has 0 aliphatic heterocycles. The number of anilines is 1. The van der Waals surface area contributed by atoms with Crippen molar-refractivity contribution in [2.45, 2.75) is 11.3 Å². The Morgan fingerprint density at radius 2 is 1.59 bits per heavy atom. The molecule has 0 amide bonds. The van der Waals surface area contributed by atoms with E-state index in [1.54, 1.807) is 42.5 Å². The normalized spacial score (nSPS) is 15.3. The molecule has 27 heavy (non-hydrogen) atoms. The molecule has 0 bridgehead atoms. The summed E-state index contributed by atoms with van der Waals surface area (Å²) in [6.07, 6.45) is 5.33. The summed E-state index contributed by atoms with van der Waals surface area (Å²) in [5.41, 5.74) is 0.472. The molecule has 2 aromatic rings. The Labute approximate surface area is 156 Å². The van der Waals surface area contributed by atoms with Crippen LogP contribution in [0.3, 0.4) is 0 Å². The predicted molar refractivity (Wildman–Crippen MR) is 101 cm³/mol. The van der Waals surface area contributed by atoms with Gasteiger partial charge in [-0.25, -0.2) is 0 Å². The molecule has 0 saturated heterocycles. The van der Waals surface area contributed by atoms with Crippen molar-refractivity contribution < 1.29 is 18.1 Å². The molecule has 0 saturated carbocycles.